The van der Waals surface area contributed by atoms with Gasteiger partial charge in [0.1, 0.15) is 0 Å². The van der Waals surface area contributed by atoms with E-state index in [1.165, 1.54) is 11.1 Å². The molecule has 0 saturated carbocycles. The molecule has 0 aliphatic rings. The summed E-state index contributed by atoms with van der Waals surface area (Å²) >= 11 is 21.2. The van der Waals surface area contributed by atoms with Crippen molar-refractivity contribution in [2.24, 2.45) is 0 Å². The quantitative estimate of drug-likeness (QED) is 0.213. The maximum absolute atomic E-state index is 3.60. The van der Waals surface area contributed by atoms with E-state index in [2.05, 4.69) is 95.6 Å². The van der Waals surface area contributed by atoms with Gasteiger partial charge in [-0.15, -0.1) is 0 Å². The van der Waals surface area contributed by atoms with E-state index in [0.717, 1.165) is 28.6 Å². The second-order valence-corrected chi connectivity index (χ2v) is 6.77. The van der Waals surface area contributed by atoms with E-state index in [1.54, 1.807) is 0 Å². The van der Waals surface area contributed by atoms with Crippen LogP contribution in [0.1, 0.15) is 11.1 Å². The van der Waals surface area contributed by atoms with Gasteiger partial charge in [-0.25, -0.2) is 0 Å². The lowest BCUT2D eigenvalue weighted by Crippen LogP contribution is -1.93. The van der Waals surface area contributed by atoms with Gasteiger partial charge in [0.2, 0.25) is 0 Å². The first kappa shape index (κ1) is 14.2. The van der Waals surface area contributed by atoms with Crippen LogP contribution in [0.5, 0.6) is 0 Å². The zero-order valence-electron chi connectivity index (χ0n) is 6.68. The minimum Gasteiger partial charge on any atom is -0.0875 e. The van der Waals surface area contributed by atoms with Crippen molar-refractivity contribution in [3.63, 3.8) is 0 Å². The van der Waals surface area contributed by atoms with E-state index in [9.17, 15) is 0 Å². The Morgan fingerprint density at radius 3 is 1.21 bits per heavy atom. The Kier molecular flexibility index (Phi) is 6.22. The molecule has 0 saturated heterocycles. The minimum absolute atomic E-state index is 0.806. The molecule has 0 aliphatic carbocycles. The summed E-state index contributed by atoms with van der Waals surface area (Å²) in [6.07, 6.45) is 0. The van der Waals surface area contributed by atoms with Crippen LogP contribution >= 0.6 is 95.6 Å². The van der Waals surface area contributed by atoms with Gasteiger partial charge in [-0.2, -0.15) is 0 Å². The number of hydrogen-bond donors (Lipinski definition) is 0. The van der Waals surface area contributed by atoms with Crippen molar-refractivity contribution in [3.05, 3.63) is 29.0 Å². The maximum atomic E-state index is 3.60. The Balaban J connectivity index is 3.56. The second kappa shape index (κ2) is 6.15. The van der Waals surface area contributed by atoms with E-state index < -0.39 is 0 Å². The third kappa shape index (κ3) is 2.67. The Morgan fingerprint density at radius 1 is 0.571 bits per heavy atom. The molecular formula is C8H4Br6. The topological polar surface area (TPSA) is 0 Å². The summed E-state index contributed by atoms with van der Waals surface area (Å²) in [4.78, 5) is 0. The number of benzene rings is 1. The fourth-order valence-electron chi connectivity index (χ4n) is 0.971. The summed E-state index contributed by atoms with van der Waals surface area (Å²) in [5, 5.41) is 1.61. The van der Waals surface area contributed by atoms with Crippen LogP contribution in [0.25, 0.3) is 0 Å². The van der Waals surface area contributed by atoms with E-state index in [-0.39, 0.29) is 0 Å². The number of alkyl halides is 2. The molecule has 0 bridgehead atoms. The van der Waals surface area contributed by atoms with Crippen LogP contribution in [0.2, 0.25) is 0 Å². The molecule has 0 heterocycles. The van der Waals surface area contributed by atoms with Gasteiger partial charge in [0.25, 0.3) is 0 Å². The fraction of sp³-hybridized carbons (Fsp3) is 0.250. The molecule has 0 spiro atoms. The molecule has 0 unspecified atom stereocenters. The van der Waals surface area contributed by atoms with Crippen LogP contribution in [0.15, 0.2) is 17.9 Å². The first-order valence-electron chi connectivity index (χ1n) is 3.50. The third-order valence-corrected chi connectivity index (χ3v) is 7.40. The predicted octanol–water partition coefficient (Wildman–Crippen LogP) is 6.53. The molecule has 0 radical (unpaired) electrons. The van der Waals surface area contributed by atoms with Crippen molar-refractivity contribution in [2.45, 2.75) is 10.7 Å². The van der Waals surface area contributed by atoms with Gasteiger partial charge in [-0.05, 0) is 58.9 Å². The highest BCUT2D eigenvalue weighted by Crippen LogP contribution is 2.43. The van der Waals surface area contributed by atoms with E-state index in [0.29, 0.717) is 0 Å². The van der Waals surface area contributed by atoms with Crippen LogP contribution < -0.4 is 0 Å². The lowest BCUT2D eigenvalue weighted by atomic mass is 10.2. The Hall–Kier alpha value is 2.10. The Labute approximate surface area is 133 Å². The average molecular weight is 580 g/mol. The molecule has 6 heteroatoms. The SMILES string of the molecule is BrCc1c(Br)c(Br)c(Br)c(CBr)c1Br. The molecule has 78 valence electrons. The summed E-state index contributed by atoms with van der Waals surface area (Å²) in [7, 11) is 0. The molecule has 0 aromatic heterocycles. The Morgan fingerprint density at radius 2 is 0.929 bits per heavy atom. The fourth-order valence-corrected chi connectivity index (χ4v) is 6.62. The number of rotatable bonds is 2. The van der Waals surface area contributed by atoms with Crippen LogP contribution in [0, 0.1) is 0 Å². The van der Waals surface area contributed by atoms with Gasteiger partial charge < -0.3 is 0 Å². The molecule has 0 nitrogen and oxygen atoms in total. The molecule has 1 aromatic carbocycles. The molecular weight excluding hydrogens is 576 g/mol. The first-order chi connectivity index (χ1) is 6.54. The number of hydrogen-bond acceptors (Lipinski definition) is 0. The molecule has 1 rings (SSSR count). The van der Waals surface area contributed by atoms with Crippen LogP contribution in [0.3, 0.4) is 0 Å². The van der Waals surface area contributed by atoms with Crippen molar-refractivity contribution in [3.8, 4) is 0 Å². The normalized spacial score (nSPS) is 10.7. The van der Waals surface area contributed by atoms with Crippen LogP contribution in [0.4, 0.5) is 0 Å². The van der Waals surface area contributed by atoms with E-state index in [4.69, 9.17) is 0 Å². The molecule has 0 N–H and O–H groups in total. The van der Waals surface area contributed by atoms with Gasteiger partial charge in [0, 0.05) is 28.6 Å². The van der Waals surface area contributed by atoms with Gasteiger partial charge in [-0.3, -0.25) is 0 Å². The van der Waals surface area contributed by atoms with Crippen LogP contribution in [-0.2, 0) is 10.7 Å². The highest BCUT2D eigenvalue weighted by atomic mass is 79.9. The zero-order valence-corrected chi connectivity index (χ0v) is 16.2. The summed E-state index contributed by atoms with van der Waals surface area (Å²) in [5.41, 5.74) is 2.41. The summed E-state index contributed by atoms with van der Waals surface area (Å²) in [6.45, 7) is 0. The molecule has 1 aromatic rings. The highest BCUT2D eigenvalue weighted by Gasteiger charge is 2.17. The van der Waals surface area contributed by atoms with Crippen molar-refractivity contribution in [1.82, 2.24) is 0 Å². The summed E-state index contributed by atoms with van der Waals surface area (Å²) in [6, 6.07) is 0. The second-order valence-electron chi connectivity index (χ2n) is 2.48. The molecule has 14 heavy (non-hydrogen) atoms. The predicted molar refractivity (Wildman–Crippen MR) is 82.5 cm³/mol. The zero-order chi connectivity index (χ0) is 10.9. The molecule has 0 amide bonds. The smallest absolute Gasteiger partial charge is 0.0466 e. The molecule has 0 atom stereocenters. The standard InChI is InChI=1S/C8H4Br6/c9-1-3-5(11)4(2-10)7(13)8(14)6(3)12/h1-2H2. The lowest BCUT2D eigenvalue weighted by Gasteiger charge is -2.13. The van der Waals surface area contributed by atoms with E-state index >= 15 is 0 Å². The van der Waals surface area contributed by atoms with Crippen molar-refractivity contribution in [1.29, 1.82) is 0 Å². The average Bonchev–Trinajstić information content (AvgIpc) is 2.16. The van der Waals surface area contributed by atoms with Gasteiger partial charge in [0.05, 0.1) is 0 Å². The third-order valence-electron chi connectivity index (χ3n) is 1.71. The number of halogens is 6. The maximum Gasteiger partial charge on any atom is 0.0466 e. The minimum atomic E-state index is 0.806. The van der Waals surface area contributed by atoms with Gasteiger partial charge in [-0.1, -0.05) is 47.8 Å². The van der Waals surface area contributed by atoms with Crippen LogP contribution in [-0.4, -0.2) is 0 Å². The van der Waals surface area contributed by atoms with E-state index in [1.807, 2.05) is 0 Å². The van der Waals surface area contributed by atoms with Gasteiger partial charge >= 0.3 is 0 Å². The largest absolute Gasteiger partial charge is 0.0875 e. The molecule has 0 aliphatic heterocycles. The highest BCUT2D eigenvalue weighted by molar-refractivity contribution is 9.14. The monoisotopic (exact) mass is 574 g/mol. The molecule has 0 fully saturated rings. The van der Waals surface area contributed by atoms with Crippen molar-refractivity contribution in [2.75, 3.05) is 0 Å². The summed E-state index contributed by atoms with van der Waals surface area (Å²) < 4.78 is 4.30. The van der Waals surface area contributed by atoms with Gasteiger partial charge in [0.15, 0.2) is 0 Å². The first-order valence-corrected chi connectivity index (χ1v) is 8.91. The van der Waals surface area contributed by atoms with Crippen molar-refractivity contribution >= 4 is 95.6 Å². The lowest BCUT2D eigenvalue weighted by molar-refractivity contribution is 1.25. The van der Waals surface area contributed by atoms with Crippen molar-refractivity contribution < 1.29 is 0 Å². The Bertz CT molecular complexity index is 328. The summed E-state index contributed by atoms with van der Waals surface area (Å²) in [5.74, 6) is 0.